The molecule has 5 nitrogen and oxygen atoms in total. The summed E-state index contributed by atoms with van der Waals surface area (Å²) in [6.07, 6.45) is 0.654. The first kappa shape index (κ1) is 16.1. The topological polar surface area (TPSA) is 60.2 Å². The summed E-state index contributed by atoms with van der Waals surface area (Å²) < 4.78 is 11.6. The Kier molecular flexibility index (Phi) is 5.90. The zero-order chi connectivity index (χ0) is 15.2. The van der Waals surface area contributed by atoms with Gasteiger partial charge in [-0.3, -0.25) is 0 Å². The van der Waals surface area contributed by atoms with Crippen LogP contribution in [0, 0.1) is 6.92 Å². The molecule has 0 fully saturated rings. The summed E-state index contributed by atoms with van der Waals surface area (Å²) in [5.41, 5.74) is 2.11. The number of halogens is 1. The maximum atomic E-state index is 5.34. The van der Waals surface area contributed by atoms with Crippen molar-refractivity contribution in [1.82, 2.24) is 15.5 Å². The molecule has 114 valence electrons. The Labute approximate surface area is 133 Å². The number of rotatable bonds is 7. The van der Waals surface area contributed by atoms with Crippen LogP contribution in [0.4, 0.5) is 0 Å². The van der Waals surface area contributed by atoms with Gasteiger partial charge in [0.25, 0.3) is 0 Å². The van der Waals surface area contributed by atoms with Gasteiger partial charge in [0.1, 0.15) is 0 Å². The highest BCUT2D eigenvalue weighted by molar-refractivity contribution is 9.10. The zero-order valence-corrected chi connectivity index (χ0v) is 14.1. The lowest BCUT2D eigenvalue weighted by molar-refractivity contribution is 0.162. The van der Waals surface area contributed by atoms with Crippen molar-refractivity contribution in [3.63, 3.8) is 0 Å². The Hall–Kier alpha value is -1.24. The summed E-state index contributed by atoms with van der Waals surface area (Å²) in [5.74, 6) is 1.23. The molecule has 0 aliphatic carbocycles. The molecule has 0 saturated carbocycles. The van der Waals surface area contributed by atoms with Crippen LogP contribution in [-0.2, 0) is 11.2 Å². The van der Waals surface area contributed by atoms with Crippen LogP contribution < -0.4 is 5.32 Å². The Morgan fingerprint density at radius 2 is 2.24 bits per heavy atom. The van der Waals surface area contributed by atoms with Crippen molar-refractivity contribution in [2.24, 2.45) is 0 Å². The largest absolute Gasteiger partial charge is 0.383 e. The molecule has 0 aliphatic heterocycles. The van der Waals surface area contributed by atoms with E-state index in [9.17, 15) is 0 Å². The first-order chi connectivity index (χ1) is 10.1. The molecule has 1 unspecified atom stereocenters. The van der Waals surface area contributed by atoms with Gasteiger partial charge in [0.05, 0.1) is 6.61 Å². The van der Waals surface area contributed by atoms with Crippen LogP contribution in [0.25, 0.3) is 11.4 Å². The van der Waals surface area contributed by atoms with E-state index in [4.69, 9.17) is 9.26 Å². The van der Waals surface area contributed by atoms with Crippen LogP contribution in [-0.4, -0.2) is 36.4 Å². The minimum atomic E-state index is 0.179. The van der Waals surface area contributed by atoms with Crippen LogP contribution in [0.3, 0.4) is 0 Å². The number of benzene rings is 1. The first-order valence-corrected chi connectivity index (χ1v) is 7.74. The summed E-state index contributed by atoms with van der Waals surface area (Å²) in [7, 11) is 1.69. The summed E-state index contributed by atoms with van der Waals surface area (Å²) in [6, 6.07) is 6.20. The molecule has 1 atom stereocenters. The van der Waals surface area contributed by atoms with Gasteiger partial charge < -0.3 is 14.6 Å². The molecule has 1 aromatic heterocycles. The summed E-state index contributed by atoms with van der Waals surface area (Å²) >= 11 is 3.52. The molecule has 0 spiro atoms. The maximum absolute atomic E-state index is 5.34. The second-order valence-corrected chi connectivity index (χ2v) is 5.74. The number of nitrogens with zero attached hydrogens (tertiary/aromatic N) is 2. The number of hydrogen-bond acceptors (Lipinski definition) is 5. The molecule has 0 amide bonds. The van der Waals surface area contributed by atoms with E-state index in [1.165, 1.54) is 5.56 Å². The highest BCUT2D eigenvalue weighted by Crippen LogP contribution is 2.23. The van der Waals surface area contributed by atoms with E-state index >= 15 is 0 Å². The number of nitrogens with one attached hydrogen (secondary N) is 1. The fraction of sp³-hybridized carbons (Fsp3) is 0.467. The van der Waals surface area contributed by atoms with Crippen LogP contribution in [0.2, 0.25) is 0 Å². The summed E-state index contributed by atoms with van der Waals surface area (Å²) in [5, 5.41) is 7.39. The Balaban J connectivity index is 2.11. The third-order valence-corrected chi connectivity index (χ3v) is 4.03. The van der Waals surface area contributed by atoms with Crippen LogP contribution in [0.1, 0.15) is 18.4 Å². The third kappa shape index (κ3) is 4.36. The van der Waals surface area contributed by atoms with Gasteiger partial charge in [-0.2, -0.15) is 4.98 Å². The first-order valence-electron chi connectivity index (χ1n) is 6.95. The quantitative estimate of drug-likeness (QED) is 0.828. The van der Waals surface area contributed by atoms with E-state index < -0.39 is 0 Å². The van der Waals surface area contributed by atoms with Crippen molar-refractivity contribution < 1.29 is 9.26 Å². The molecule has 0 aliphatic rings. The van der Waals surface area contributed by atoms with Crippen molar-refractivity contribution in [3.05, 3.63) is 34.1 Å². The van der Waals surface area contributed by atoms with E-state index in [0.717, 1.165) is 16.6 Å². The molecule has 21 heavy (non-hydrogen) atoms. The number of ether oxygens (including phenoxy) is 1. The number of methoxy groups -OCH3 is 1. The van der Waals surface area contributed by atoms with Gasteiger partial charge in [0, 0.05) is 29.6 Å². The summed E-state index contributed by atoms with van der Waals surface area (Å²) in [4.78, 5) is 4.46. The van der Waals surface area contributed by atoms with Gasteiger partial charge in [-0.15, -0.1) is 0 Å². The van der Waals surface area contributed by atoms with Crippen LogP contribution in [0.5, 0.6) is 0 Å². The van der Waals surface area contributed by atoms with E-state index in [1.807, 2.05) is 25.1 Å². The number of hydrogen-bond donors (Lipinski definition) is 1. The summed E-state index contributed by atoms with van der Waals surface area (Å²) in [6.45, 7) is 5.59. The molecule has 2 aromatic rings. The predicted molar refractivity (Wildman–Crippen MR) is 85.2 cm³/mol. The number of aromatic nitrogens is 2. The van der Waals surface area contributed by atoms with Gasteiger partial charge in [0.15, 0.2) is 0 Å². The minimum Gasteiger partial charge on any atom is -0.383 e. The van der Waals surface area contributed by atoms with E-state index in [1.54, 1.807) is 7.11 Å². The highest BCUT2D eigenvalue weighted by Gasteiger charge is 2.15. The normalized spacial score (nSPS) is 12.6. The van der Waals surface area contributed by atoms with E-state index in [-0.39, 0.29) is 6.04 Å². The molecule has 6 heteroatoms. The molecule has 1 aromatic carbocycles. The van der Waals surface area contributed by atoms with Crippen molar-refractivity contribution in [1.29, 1.82) is 0 Å². The molecule has 2 rings (SSSR count). The lowest BCUT2D eigenvalue weighted by Gasteiger charge is -2.14. The second-order valence-electron chi connectivity index (χ2n) is 4.89. The smallest absolute Gasteiger partial charge is 0.228 e. The van der Waals surface area contributed by atoms with Crippen LogP contribution >= 0.6 is 15.9 Å². The fourth-order valence-electron chi connectivity index (χ4n) is 2.08. The van der Waals surface area contributed by atoms with Crippen LogP contribution in [0.15, 0.2) is 27.2 Å². The third-order valence-electron chi connectivity index (χ3n) is 3.18. The molecule has 1 heterocycles. The zero-order valence-electron chi connectivity index (χ0n) is 12.5. The van der Waals surface area contributed by atoms with Gasteiger partial charge in [-0.05, 0) is 25.1 Å². The lowest BCUT2D eigenvalue weighted by atomic mass is 10.1. The molecule has 0 bridgehead atoms. The Morgan fingerprint density at radius 1 is 1.43 bits per heavy atom. The highest BCUT2D eigenvalue weighted by atomic mass is 79.9. The van der Waals surface area contributed by atoms with E-state index in [2.05, 4.69) is 38.3 Å². The standard InChI is InChI=1S/C15H20BrN3O2/c1-4-17-12(9-20-3)8-14-18-15(19-21-14)11-6-5-10(2)13(16)7-11/h5-7,12,17H,4,8-9H2,1-3H3. The van der Waals surface area contributed by atoms with E-state index in [0.29, 0.717) is 24.7 Å². The molecule has 1 N–H and O–H groups in total. The molecular weight excluding hydrogens is 334 g/mol. The van der Waals surface area contributed by atoms with Gasteiger partial charge in [-0.25, -0.2) is 0 Å². The lowest BCUT2D eigenvalue weighted by Crippen LogP contribution is -2.35. The van der Waals surface area contributed by atoms with Crippen molar-refractivity contribution in [2.45, 2.75) is 26.3 Å². The molecule has 0 saturated heterocycles. The number of likely N-dealkylation sites (N-methyl/N-ethyl adjacent to an activating group) is 1. The maximum Gasteiger partial charge on any atom is 0.228 e. The average molecular weight is 354 g/mol. The predicted octanol–water partition coefficient (Wildman–Crippen LogP) is 2.97. The number of aryl methyl sites for hydroxylation is 1. The minimum absolute atomic E-state index is 0.179. The van der Waals surface area contributed by atoms with Gasteiger partial charge in [0.2, 0.25) is 11.7 Å². The average Bonchev–Trinajstić information content (AvgIpc) is 2.91. The Morgan fingerprint density at radius 3 is 2.90 bits per heavy atom. The fourth-order valence-corrected chi connectivity index (χ4v) is 2.46. The van der Waals surface area contributed by atoms with Crippen molar-refractivity contribution in [2.75, 3.05) is 20.3 Å². The van der Waals surface area contributed by atoms with Crippen molar-refractivity contribution >= 4 is 15.9 Å². The Bertz CT molecular complexity index is 580. The molecule has 0 radical (unpaired) electrons. The molecular formula is C15H20BrN3O2. The SMILES string of the molecule is CCNC(COC)Cc1nc(-c2ccc(C)c(Br)c2)no1. The van der Waals surface area contributed by atoms with Gasteiger partial charge in [-0.1, -0.05) is 40.1 Å². The van der Waals surface area contributed by atoms with Gasteiger partial charge >= 0.3 is 0 Å². The van der Waals surface area contributed by atoms with Crippen molar-refractivity contribution in [3.8, 4) is 11.4 Å². The monoisotopic (exact) mass is 353 g/mol. The second kappa shape index (κ2) is 7.68.